The number of aliphatic hydroxyl groups is 2. The Labute approximate surface area is 104 Å². The van der Waals surface area contributed by atoms with Crippen molar-refractivity contribution in [3.63, 3.8) is 0 Å². The molecule has 4 nitrogen and oxygen atoms in total. The van der Waals surface area contributed by atoms with Gasteiger partial charge >= 0.3 is 0 Å². The first-order valence-electron chi connectivity index (χ1n) is 6.92. The first-order valence-corrected chi connectivity index (χ1v) is 6.92. The smallest absolute Gasteiger partial charge is 0.0624 e. The summed E-state index contributed by atoms with van der Waals surface area (Å²) in [6.07, 6.45) is 5.05. The topological polar surface area (TPSA) is 52.9 Å². The molecule has 0 aliphatic carbocycles. The van der Waals surface area contributed by atoms with Crippen LogP contribution in [-0.4, -0.2) is 60.2 Å². The van der Waals surface area contributed by atoms with Crippen molar-refractivity contribution in [2.75, 3.05) is 32.9 Å². The van der Waals surface area contributed by atoms with Gasteiger partial charge in [0.25, 0.3) is 0 Å². The number of hydrogen-bond donors (Lipinski definition) is 2. The summed E-state index contributed by atoms with van der Waals surface area (Å²) in [6, 6.07) is 0.608. The second kappa shape index (κ2) is 6.69. The van der Waals surface area contributed by atoms with Crippen LogP contribution in [0.4, 0.5) is 0 Å². The molecule has 3 unspecified atom stereocenters. The monoisotopic (exact) mass is 243 g/mol. The van der Waals surface area contributed by atoms with E-state index < -0.39 is 0 Å². The molecule has 2 fully saturated rings. The van der Waals surface area contributed by atoms with E-state index in [-0.39, 0.29) is 12.0 Å². The van der Waals surface area contributed by atoms with Crippen LogP contribution >= 0.6 is 0 Å². The molecule has 4 heteroatoms. The van der Waals surface area contributed by atoms with Crippen LogP contribution in [-0.2, 0) is 4.74 Å². The molecule has 2 heterocycles. The number of hydrogen-bond acceptors (Lipinski definition) is 4. The van der Waals surface area contributed by atoms with E-state index in [9.17, 15) is 5.11 Å². The van der Waals surface area contributed by atoms with Crippen molar-refractivity contribution in [2.24, 2.45) is 5.92 Å². The molecule has 2 N–H and O–H groups in total. The first-order chi connectivity index (χ1) is 8.31. The molecule has 0 saturated carbocycles. The molecule has 100 valence electrons. The highest BCUT2D eigenvalue weighted by Crippen LogP contribution is 2.25. The Kier molecular flexibility index (Phi) is 5.22. The van der Waals surface area contributed by atoms with Crippen LogP contribution in [0.3, 0.4) is 0 Å². The summed E-state index contributed by atoms with van der Waals surface area (Å²) in [4.78, 5) is 2.48. The number of rotatable bonds is 5. The predicted molar refractivity (Wildman–Crippen MR) is 65.8 cm³/mol. The molecule has 3 atom stereocenters. The first kappa shape index (κ1) is 13.3. The molecule has 0 aromatic heterocycles. The molecule has 2 aliphatic rings. The molecule has 2 rings (SSSR count). The van der Waals surface area contributed by atoms with Gasteiger partial charge in [0.05, 0.1) is 12.7 Å². The Balaban J connectivity index is 1.79. The third-order valence-electron chi connectivity index (χ3n) is 4.10. The van der Waals surface area contributed by atoms with E-state index in [1.165, 1.54) is 12.8 Å². The summed E-state index contributed by atoms with van der Waals surface area (Å²) in [5.41, 5.74) is 0. The van der Waals surface area contributed by atoms with Crippen molar-refractivity contribution in [2.45, 2.75) is 44.2 Å². The molecule has 17 heavy (non-hydrogen) atoms. The van der Waals surface area contributed by atoms with Gasteiger partial charge in [0.1, 0.15) is 0 Å². The van der Waals surface area contributed by atoms with Crippen LogP contribution in [0.2, 0.25) is 0 Å². The van der Waals surface area contributed by atoms with Gasteiger partial charge in [-0.15, -0.1) is 0 Å². The summed E-state index contributed by atoms with van der Waals surface area (Å²) in [5, 5.41) is 18.8. The molecule has 0 radical (unpaired) electrons. The van der Waals surface area contributed by atoms with Crippen LogP contribution in [0.25, 0.3) is 0 Å². The molecule has 0 spiro atoms. The van der Waals surface area contributed by atoms with Crippen molar-refractivity contribution in [1.82, 2.24) is 4.90 Å². The van der Waals surface area contributed by atoms with Gasteiger partial charge in [-0.25, -0.2) is 0 Å². The van der Waals surface area contributed by atoms with Crippen molar-refractivity contribution in [1.29, 1.82) is 0 Å². The number of ether oxygens (including phenoxy) is 1. The van der Waals surface area contributed by atoms with Crippen LogP contribution in [0.5, 0.6) is 0 Å². The minimum Gasteiger partial charge on any atom is -0.396 e. The highest BCUT2D eigenvalue weighted by atomic mass is 16.5. The molecular weight excluding hydrogens is 218 g/mol. The van der Waals surface area contributed by atoms with Gasteiger partial charge in [-0.05, 0) is 38.6 Å². The zero-order chi connectivity index (χ0) is 12.1. The van der Waals surface area contributed by atoms with E-state index in [0.29, 0.717) is 25.9 Å². The number of likely N-dealkylation sites (tertiary alicyclic amines) is 1. The van der Waals surface area contributed by atoms with E-state index in [0.717, 1.165) is 32.4 Å². The van der Waals surface area contributed by atoms with E-state index >= 15 is 0 Å². The highest BCUT2D eigenvalue weighted by Gasteiger charge is 2.30. The molecule has 0 aromatic rings. The number of aliphatic hydroxyl groups excluding tert-OH is 2. The van der Waals surface area contributed by atoms with Crippen LogP contribution < -0.4 is 0 Å². The second-order valence-electron chi connectivity index (χ2n) is 5.35. The lowest BCUT2D eigenvalue weighted by atomic mass is 9.97. The lowest BCUT2D eigenvalue weighted by molar-refractivity contribution is -0.0480. The largest absolute Gasteiger partial charge is 0.396 e. The molecule has 0 aromatic carbocycles. The van der Waals surface area contributed by atoms with Gasteiger partial charge in [-0.3, -0.25) is 4.90 Å². The third-order valence-corrected chi connectivity index (χ3v) is 4.10. The maximum atomic E-state index is 9.94. The second-order valence-corrected chi connectivity index (χ2v) is 5.35. The average Bonchev–Trinajstić information content (AvgIpc) is 2.77. The molecule has 0 amide bonds. The van der Waals surface area contributed by atoms with Gasteiger partial charge in [-0.2, -0.15) is 0 Å². The lowest BCUT2D eigenvalue weighted by Crippen LogP contribution is -2.42. The maximum absolute atomic E-state index is 9.94. The summed E-state index contributed by atoms with van der Waals surface area (Å²) in [5.74, 6) is 0.276. The van der Waals surface area contributed by atoms with E-state index in [2.05, 4.69) is 4.90 Å². The Morgan fingerprint density at radius 1 is 1.29 bits per heavy atom. The minimum absolute atomic E-state index is 0.192. The van der Waals surface area contributed by atoms with E-state index in [4.69, 9.17) is 9.84 Å². The predicted octanol–water partition coefficient (Wildman–Crippen LogP) is 0.621. The molecule has 2 saturated heterocycles. The fraction of sp³-hybridized carbons (Fsp3) is 1.00. The van der Waals surface area contributed by atoms with Gasteiger partial charge < -0.3 is 14.9 Å². The quantitative estimate of drug-likeness (QED) is 0.743. The summed E-state index contributed by atoms with van der Waals surface area (Å²) < 4.78 is 5.45. The van der Waals surface area contributed by atoms with Crippen molar-refractivity contribution < 1.29 is 14.9 Å². The summed E-state index contributed by atoms with van der Waals surface area (Å²) in [7, 11) is 0. The Hall–Kier alpha value is -0.160. The number of nitrogens with zero attached hydrogens (tertiary/aromatic N) is 1. The van der Waals surface area contributed by atoms with Crippen molar-refractivity contribution in [3.05, 3.63) is 0 Å². The maximum Gasteiger partial charge on any atom is 0.0624 e. The van der Waals surface area contributed by atoms with Gasteiger partial charge in [0.15, 0.2) is 0 Å². The fourth-order valence-corrected chi connectivity index (χ4v) is 3.05. The van der Waals surface area contributed by atoms with Crippen LogP contribution in [0, 0.1) is 5.92 Å². The summed E-state index contributed by atoms with van der Waals surface area (Å²) >= 11 is 0. The standard InChI is InChI=1S/C13H25NO3/c15-7-2-4-12-3-1-6-14(12)9-11-10-17-8-5-13(11)16/h11-13,15-16H,1-10H2. The highest BCUT2D eigenvalue weighted by molar-refractivity contribution is 4.84. The van der Waals surface area contributed by atoms with Crippen molar-refractivity contribution in [3.8, 4) is 0 Å². The zero-order valence-electron chi connectivity index (χ0n) is 10.6. The zero-order valence-corrected chi connectivity index (χ0v) is 10.6. The van der Waals surface area contributed by atoms with Gasteiger partial charge in [0, 0.05) is 31.7 Å². The Morgan fingerprint density at radius 2 is 2.18 bits per heavy atom. The van der Waals surface area contributed by atoms with Crippen molar-refractivity contribution >= 4 is 0 Å². The Bertz CT molecular complexity index is 225. The fourth-order valence-electron chi connectivity index (χ4n) is 3.05. The van der Waals surface area contributed by atoms with Crippen LogP contribution in [0.1, 0.15) is 32.1 Å². The molecule has 2 aliphatic heterocycles. The average molecular weight is 243 g/mol. The lowest BCUT2D eigenvalue weighted by Gasteiger charge is -2.33. The molecule has 0 bridgehead atoms. The minimum atomic E-state index is -0.192. The van der Waals surface area contributed by atoms with E-state index in [1.54, 1.807) is 0 Å². The van der Waals surface area contributed by atoms with Gasteiger partial charge in [0.2, 0.25) is 0 Å². The van der Waals surface area contributed by atoms with Crippen LogP contribution in [0.15, 0.2) is 0 Å². The SMILES string of the molecule is OCCCC1CCCN1CC1COCCC1O. The summed E-state index contributed by atoms with van der Waals surface area (Å²) in [6.45, 7) is 3.78. The molecular formula is C13H25NO3. The Morgan fingerprint density at radius 3 is 2.94 bits per heavy atom. The third kappa shape index (κ3) is 3.65. The normalized spacial score (nSPS) is 35.3. The van der Waals surface area contributed by atoms with Gasteiger partial charge in [-0.1, -0.05) is 0 Å². The van der Waals surface area contributed by atoms with E-state index in [1.807, 2.05) is 0 Å².